The van der Waals surface area contributed by atoms with Crippen molar-refractivity contribution in [3.8, 4) is 0 Å². The molecule has 2 heterocycles. The Kier molecular flexibility index (Phi) is 2.55. The van der Waals surface area contributed by atoms with Crippen LogP contribution < -0.4 is 10.6 Å². The van der Waals surface area contributed by atoms with Crippen molar-refractivity contribution in [1.82, 2.24) is 9.97 Å². The molecule has 0 saturated carbocycles. The minimum absolute atomic E-state index is 0.677. The monoisotopic (exact) mass is 220 g/mol. The Balaban J connectivity index is 2.79. The summed E-state index contributed by atoms with van der Waals surface area (Å²) in [7, 11) is 3.74. The Bertz CT molecular complexity index is 547. The van der Waals surface area contributed by atoms with Crippen LogP contribution in [0.5, 0.6) is 0 Å². The summed E-state index contributed by atoms with van der Waals surface area (Å²) in [5, 5.41) is 7.19. The SMILES string of the molecule is CNc1cnc2[nH]c(=S)cc(NC)c2c1. The largest absolute Gasteiger partial charge is 0.387 e. The van der Waals surface area contributed by atoms with Crippen LogP contribution in [0.4, 0.5) is 11.4 Å². The van der Waals surface area contributed by atoms with E-state index in [1.807, 2.05) is 26.2 Å². The number of H-pyrrole nitrogens is 1. The van der Waals surface area contributed by atoms with Gasteiger partial charge in [0.2, 0.25) is 0 Å². The van der Waals surface area contributed by atoms with E-state index < -0.39 is 0 Å². The zero-order chi connectivity index (χ0) is 10.8. The molecule has 0 fully saturated rings. The lowest BCUT2D eigenvalue weighted by molar-refractivity contribution is 1.26. The molecule has 0 bridgehead atoms. The second kappa shape index (κ2) is 3.86. The summed E-state index contributed by atoms with van der Waals surface area (Å²) in [6, 6.07) is 3.91. The number of fused-ring (bicyclic) bond motifs is 1. The Hall–Kier alpha value is -1.62. The maximum atomic E-state index is 5.10. The van der Waals surface area contributed by atoms with Crippen molar-refractivity contribution in [1.29, 1.82) is 0 Å². The van der Waals surface area contributed by atoms with E-state index >= 15 is 0 Å². The van der Waals surface area contributed by atoms with E-state index in [1.165, 1.54) is 0 Å². The standard InChI is InChI=1S/C10H12N4S/c1-11-6-3-7-8(12-2)4-9(15)14-10(7)13-5-6/h3-5,11H,1-2H3,(H2,12,13,14,15). The van der Waals surface area contributed by atoms with Crippen LogP contribution in [0.15, 0.2) is 18.3 Å². The van der Waals surface area contributed by atoms with Gasteiger partial charge in [-0.3, -0.25) is 0 Å². The fraction of sp³-hybridized carbons (Fsp3) is 0.200. The van der Waals surface area contributed by atoms with Gasteiger partial charge < -0.3 is 15.6 Å². The molecule has 2 aromatic heterocycles. The van der Waals surface area contributed by atoms with Crippen LogP contribution in [-0.4, -0.2) is 24.1 Å². The minimum atomic E-state index is 0.677. The first-order valence-electron chi connectivity index (χ1n) is 4.63. The zero-order valence-corrected chi connectivity index (χ0v) is 9.40. The molecule has 15 heavy (non-hydrogen) atoms. The average molecular weight is 220 g/mol. The van der Waals surface area contributed by atoms with Crippen molar-refractivity contribution in [2.75, 3.05) is 24.7 Å². The van der Waals surface area contributed by atoms with Gasteiger partial charge in [-0.15, -0.1) is 0 Å². The Morgan fingerprint density at radius 3 is 2.73 bits per heavy atom. The lowest BCUT2D eigenvalue weighted by Crippen LogP contribution is -1.95. The maximum Gasteiger partial charge on any atom is 0.140 e. The van der Waals surface area contributed by atoms with E-state index in [4.69, 9.17) is 12.2 Å². The molecule has 2 rings (SSSR count). The summed E-state index contributed by atoms with van der Waals surface area (Å²) < 4.78 is 0.677. The van der Waals surface area contributed by atoms with E-state index in [9.17, 15) is 0 Å². The molecule has 0 radical (unpaired) electrons. The Labute approximate surface area is 92.7 Å². The Morgan fingerprint density at radius 1 is 1.27 bits per heavy atom. The van der Waals surface area contributed by atoms with Crippen LogP contribution in [0.25, 0.3) is 11.0 Å². The number of anilines is 2. The van der Waals surface area contributed by atoms with E-state index in [0.717, 1.165) is 22.4 Å². The molecule has 0 aliphatic rings. The van der Waals surface area contributed by atoms with Gasteiger partial charge >= 0.3 is 0 Å². The number of nitrogens with zero attached hydrogens (tertiary/aromatic N) is 1. The summed E-state index contributed by atoms with van der Waals surface area (Å²) in [5.41, 5.74) is 2.76. The first-order chi connectivity index (χ1) is 7.24. The highest BCUT2D eigenvalue weighted by atomic mass is 32.1. The molecular weight excluding hydrogens is 208 g/mol. The fourth-order valence-corrected chi connectivity index (χ4v) is 1.69. The molecule has 4 nitrogen and oxygen atoms in total. The van der Waals surface area contributed by atoms with Crippen LogP contribution in [-0.2, 0) is 0 Å². The number of hydrogen-bond acceptors (Lipinski definition) is 4. The molecule has 0 aliphatic carbocycles. The van der Waals surface area contributed by atoms with Crippen molar-refractivity contribution in [3.63, 3.8) is 0 Å². The van der Waals surface area contributed by atoms with Crippen molar-refractivity contribution >= 4 is 34.6 Å². The lowest BCUT2D eigenvalue weighted by atomic mass is 10.2. The molecule has 0 aliphatic heterocycles. The van der Waals surface area contributed by atoms with Gasteiger partial charge in [-0.05, 0) is 12.1 Å². The van der Waals surface area contributed by atoms with Gasteiger partial charge in [0.1, 0.15) is 10.3 Å². The molecule has 0 atom stereocenters. The van der Waals surface area contributed by atoms with Gasteiger partial charge in [-0.25, -0.2) is 4.98 Å². The number of pyridine rings is 2. The molecule has 0 unspecified atom stereocenters. The van der Waals surface area contributed by atoms with Crippen LogP contribution in [0.3, 0.4) is 0 Å². The molecule has 3 N–H and O–H groups in total. The number of rotatable bonds is 2. The highest BCUT2D eigenvalue weighted by molar-refractivity contribution is 7.71. The summed E-state index contributed by atoms with van der Waals surface area (Å²) in [6.45, 7) is 0. The van der Waals surface area contributed by atoms with E-state index in [-0.39, 0.29) is 0 Å². The molecule has 0 saturated heterocycles. The van der Waals surface area contributed by atoms with Gasteiger partial charge in [-0.2, -0.15) is 0 Å². The summed E-state index contributed by atoms with van der Waals surface area (Å²) in [4.78, 5) is 7.35. The minimum Gasteiger partial charge on any atom is -0.387 e. The number of aromatic nitrogens is 2. The summed E-state index contributed by atoms with van der Waals surface area (Å²) in [6.07, 6.45) is 1.77. The fourth-order valence-electron chi connectivity index (χ4n) is 1.47. The average Bonchev–Trinajstić information content (AvgIpc) is 2.27. The van der Waals surface area contributed by atoms with Gasteiger partial charge in [0.05, 0.1) is 11.9 Å². The zero-order valence-electron chi connectivity index (χ0n) is 8.59. The van der Waals surface area contributed by atoms with Crippen LogP contribution in [0, 0.1) is 4.64 Å². The van der Waals surface area contributed by atoms with Gasteiger partial charge in [0, 0.05) is 25.2 Å². The van der Waals surface area contributed by atoms with Crippen LogP contribution in [0.1, 0.15) is 0 Å². The first kappa shape index (κ1) is 9.92. The Morgan fingerprint density at radius 2 is 2.07 bits per heavy atom. The number of aromatic amines is 1. The highest BCUT2D eigenvalue weighted by Crippen LogP contribution is 2.22. The molecule has 0 aromatic carbocycles. The molecule has 5 heteroatoms. The van der Waals surface area contributed by atoms with Gasteiger partial charge in [0.25, 0.3) is 0 Å². The van der Waals surface area contributed by atoms with Crippen molar-refractivity contribution in [3.05, 3.63) is 23.0 Å². The molecular formula is C10H12N4S. The lowest BCUT2D eigenvalue weighted by Gasteiger charge is -2.07. The maximum absolute atomic E-state index is 5.10. The second-order valence-corrected chi connectivity index (χ2v) is 3.61. The van der Waals surface area contributed by atoms with E-state index in [0.29, 0.717) is 4.64 Å². The quantitative estimate of drug-likeness (QED) is 0.680. The third-order valence-electron chi connectivity index (χ3n) is 2.25. The van der Waals surface area contributed by atoms with Gasteiger partial charge in [-0.1, -0.05) is 12.2 Å². The van der Waals surface area contributed by atoms with E-state index in [1.54, 1.807) is 6.20 Å². The molecule has 0 amide bonds. The smallest absolute Gasteiger partial charge is 0.140 e. The molecule has 2 aromatic rings. The van der Waals surface area contributed by atoms with Crippen LogP contribution >= 0.6 is 12.2 Å². The second-order valence-electron chi connectivity index (χ2n) is 3.17. The van der Waals surface area contributed by atoms with Crippen molar-refractivity contribution in [2.24, 2.45) is 0 Å². The normalized spacial score (nSPS) is 10.3. The predicted octanol–water partition coefficient (Wildman–Crippen LogP) is 2.38. The van der Waals surface area contributed by atoms with Crippen molar-refractivity contribution in [2.45, 2.75) is 0 Å². The molecule has 78 valence electrons. The molecule has 0 spiro atoms. The summed E-state index contributed by atoms with van der Waals surface area (Å²) >= 11 is 5.10. The third kappa shape index (κ3) is 1.78. The number of nitrogens with one attached hydrogen (secondary N) is 3. The van der Waals surface area contributed by atoms with Crippen molar-refractivity contribution < 1.29 is 0 Å². The number of hydrogen-bond donors (Lipinski definition) is 3. The summed E-state index contributed by atoms with van der Waals surface area (Å²) in [5.74, 6) is 0. The van der Waals surface area contributed by atoms with E-state index in [2.05, 4.69) is 20.6 Å². The third-order valence-corrected chi connectivity index (χ3v) is 2.47. The van der Waals surface area contributed by atoms with Crippen LogP contribution in [0.2, 0.25) is 0 Å². The van der Waals surface area contributed by atoms with Gasteiger partial charge in [0.15, 0.2) is 0 Å². The highest BCUT2D eigenvalue weighted by Gasteiger charge is 2.02. The first-order valence-corrected chi connectivity index (χ1v) is 5.04. The topological polar surface area (TPSA) is 52.7 Å². The predicted molar refractivity (Wildman–Crippen MR) is 66.0 cm³/mol.